The Morgan fingerprint density at radius 2 is 1.86 bits per heavy atom. The van der Waals surface area contributed by atoms with Crippen LogP contribution in [0.2, 0.25) is 0 Å². The lowest BCUT2D eigenvalue weighted by molar-refractivity contribution is 0.0511. The van der Waals surface area contributed by atoms with Gasteiger partial charge in [-0.15, -0.1) is 0 Å². The summed E-state index contributed by atoms with van der Waals surface area (Å²) in [6.07, 6.45) is 4.82. The Kier molecular flexibility index (Phi) is 5.50. The molecule has 0 spiro atoms. The number of halogens is 1. The first-order valence-electron chi connectivity index (χ1n) is 10.4. The van der Waals surface area contributed by atoms with Crippen molar-refractivity contribution < 1.29 is 17.3 Å². The van der Waals surface area contributed by atoms with E-state index in [1.165, 1.54) is 9.87 Å². The lowest BCUT2D eigenvalue weighted by Gasteiger charge is -2.33. The van der Waals surface area contributed by atoms with Gasteiger partial charge in [0.2, 0.25) is 10.0 Å². The number of benzene rings is 1. The van der Waals surface area contributed by atoms with Crippen LogP contribution in [0.4, 0.5) is 4.39 Å². The van der Waals surface area contributed by atoms with Crippen molar-refractivity contribution in [3.05, 3.63) is 41.0 Å². The monoisotopic (exact) mass is 421 g/mol. The van der Waals surface area contributed by atoms with Crippen LogP contribution < -0.4 is 0 Å². The fourth-order valence-corrected chi connectivity index (χ4v) is 5.69. The zero-order valence-corrected chi connectivity index (χ0v) is 17.8. The number of rotatable bonds is 5. The second kappa shape index (κ2) is 7.80. The number of alkyl halides is 1. The van der Waals surface area contributed by atoms with Gasteiger partial charge >= 0.3 is 0 Å². The highest BCUT2D eigenvalue weighted by Crippen LogP contribution is 2.38. The number of fused-ring (bicyclic) bond motifs is 1. The van der Waals surface area contributed by atoms with Gasteiger partial charge in [0.05, 0.1) is 4.90 Å². The van der Waals surface area contributed by atoms with Crippen molar-refractivity contribution in [2.45, 2.75) is 69.4 Å². The molecule has 0 radical (unpaired) electrons. The molecule has 0 atom stereocenters. The fourth-order valence-electron chi connectivity index (χ4n) is 4.20. The number of hydrogen-bond acceptors (Lipinski definition) is 5. The standard InChI is InChI=1S/C21H28FN3O3S/c1-15(2)13-19-23-20(28-24-19)21(22)9-11-25(12-10-21)29(26,27)18-8-7-16-5-3-4-6-17(16)14-18/h7-8,14-15H,3-6,9-13H2,1-2H3. The van der Waals surface area contributed by atoms with E-state index in [2.05, 4.69) is 10.1 Å². The summed E-state index contributed by atoms with van der Waals surface area (Å²) in [5.41, 5.74) is 0.590. The van der Waals surface area contributed by atoms with Crippen LogP contribution >= 0.6 is 0 Å². The number of aromatic nitrogens is 2. The highest BCUT2D eigenvalue weighted by atomic mass is 32.2. The van der Waals surface area contributed by atoms with Crippen molar-refractivity contribution in [3.8, 4) is 0 Å². The molecule has 0 unspecified atom stereocenters. The normalized spacial score (nSPS) is 20.0. The first-order chi connectivity index (χ1) is 13.8. The Morgan fingerprint density at radius 1 is 1.17 bits per heavy atom. The SMILES string of the molecule is CC(C)Cc1noc(C2(F)CCN(S(=O)(=O)c3ccc4c(c3)CCCC4)CC2)n1. The molecule has 0 N–H and O–H groups in total. The molecular weight excluding hydrogens is 393 g/mol. The molecule has 158 valence electrons. The van der Waals surface area contributed by atoms with Crippen LogP contribution in [0, 0.1) is 5.92 Å². The smallest absolute Gasteiger partial charge is 0.264 e. The molecule has 29 heavy (non-hydrogen) atoms. The molecular formula is C21H28FN3O3S. The molecule has 0 saturated carbocycles. The van der Waals surface area contributed by atoms with E-state index in [0.717, 1.165) is 31.2 Å². The molecule has 4 rings (SSSR count). The van der Waals surface area contributed by atoms with Crippen molar-refractivity contribution in [3.63, 3.8) is 0 Å². The van der Waals surface area contributed by atoms with Gasteiger partial charge in [0.25, 0.3) is 5.89 Å². The Labute approximate surface area is 171 Å². The molecule has 0 bridgehead atoms. The van der Waals surface area contributed by atoms with Gasteiger partial charge < -0.3 is 4.52 Å². The van der Waals surface area contributed by atoms with Crippen LogP contribution in [0.15, 0.2) is 27.6 Å². The average Bonchev–Trinajstić information content (AvgIpc) is 3.16. The average molecular weight is 422 g/mol. The molecule has 8 heteroatoms. The number of piperidine rings is 1. The molecule has 1 saturated heterocycles. The number of aryl methyl sites for hydroxylation is 2. The minimum absolute atomic E-state index is 0.0144. The first kappa shape index (κ1) is 20.5. The molecule has 6 nitrogen and oxygen atoms in total. The van der Waals surface area contributed by atoms with Gasteiger partial charge in [0, 0.05) is 32.4 Å². The molecule has 2 aromatic rings. The summed E-state index contributed by atoms with van der Waals surface area (Å²) in [5, 5.41) is 3.88. The van der Waals surface area contributed by atoms with E-state index in [9.17, 15) is 8.42 Å². The lowest BCUT2D eigenvalue weighted by atomic mass is 9.92. The van der Waals surface area contributed by atoms with E-state index in [4.69, 9.17) is 4.52 Å². The van der Waals surface area contributed by atoms with Crippen LogP contribution in [0.5, 0.6) is 0 Å². The number of nitrogens with zero attached hydrogens (tertiary/aromatic N) is 3. The fraction of sp³-hybridized carbons (Fsp3) is 0.619. The number of sulfonamides is 1. The zero-order valence-electron chi connectivity index (χ0n) is 17.0. The van der Waals surface area contributed by atoms with Crippen LogP contribution in [0.3, 0.4) is 0 Å². The van der Waals surface area contributed by atoms with E-state index in [1.807, 2.05) is 19.9 Å². The minimum Gasteiger partial charge on any atom is -0.336 e. The first-order valence-corrected chi connectivity index (χ1v) is 11.9. The Morgan fingerprint density at radius 3 is 2.55 bits per heavy atom. The Hall–Kier alpha value is -1.80. The summed E-state index contributed by atoms with van der Waals surface area (Å²) in [5.74, 6) is 0.815. The van der Waals surface area contributed by atoms with Gasteiger partial charge in [-0.05, 0) is 54.9 Å². The lowest BCUT2D eigenvalue weighted by Crippen LogP contribution is -2.43. The van der Waals surface area contributed by atoms with Gasteiger partial charge in [-0.3, -0.25) is 0 Å². The van der Waals surface area contributed by atoms with Crippen LogP contribution in [-0.4, -0.2) is 36.0 Å². The molecule has 1 aromatic heterocycles. The predicted molar refractivity (Wildman–Crippen MR) is 107 cm³/mol. The summed E-state index contributed by atoms with van der Waals surface area (Å²) in [6.45, 7) is 4.26. The third-order valence-corrected chi connectivity index (χ3v) is 7.81. The second-order valence-electron chi connectivity index (χ2n) is 8.62. The van der Waals surface area contributed by atoms with Crippen molar-refractivity contribution in [1.82, 2.24) is 14.4 Å². The maximum absolute atomic E-state index is 15.4. The summed E-state index contributed by atoms with van der Waals surface area (Å²) < 4.78 is 48.2. The largest absolute Gasteiger partial charge is 0.336 e. The number of hydrogen-bond donors (Lipinski definition) is 0. The molecule has 1 aliphatic heterocycles. The summed E-state index contributed by atoms with van der Waals surface area (Å²) in [6, 6.07) is 5.42. The minimum atomic E-state index is -3.64. The van der Waals surface area contributed by atoms with E-state index >= 15 is 4.39 Å². The van der Waals surface area contributed by atoms with Crippen molar-refractivity contribution >= 4 is 10.0 Å². The van der Waals surface area contributed by atoms with Gasteiger partial charge in [-0.1, -0.05) is 25.1 Å². The third kappa shape index (κ3) is 4.10. The van der Waals surface area contributed by atoms with Crippen LogP contribution in [-0.2, 0) is 35.0 Å². The maximum Gasteiger partial charge on any atom is 0.264 e. The Balaban J connectivity index is 1.48. The van der Waals surface area contributed by atoms with Crippen molar-refractivity contribution in [2.24, 2.45) is 5.92 Å². The molecule has 1 aliphatic carbocycles. The van der Waals surface area contributed by atoms with Gasteiger partial charge in [0.15, 0.2) is 11.5 Å². The van der Waals surface area contributed by atoms with Gasteiger partial charge in [-0.2, -0.15) is 9.29 Å². The second-order valence-corrected chi connectivity index (χ2v) is 10.6. The predicted octanol–water partition coefficient (Wildman–Crippen LogP) is 3.80. The highest BCUT2D eigenvalue weighted by Gasteiger charge is 2.44. The van der Waals surface area contributed by atoms with Crippen LogP contribution in [0.1, 0.15) is 62.4 Å². The maximum atomic E-state index is 15.4. The quantitative estimate of drug-likeness (QED) is 0.734. The van der Waals surface area contributed by atoms with E-state index in [1.54, 1.807) is 12.1 Å². The molecule has 1 fully saturated rings. The van der Waals surface area contributed by atoms with Crippen molar-refractivity contribution in [1.29, 1.82) is 0 Å². The molecule has 1 aromatic carbocycles. The highest BCUT2D eigenvalue weighted by molar-refractivity contribution is 7.89. The van der Waals surface area contributed by atoms with Gasteiger partial charge in [-0.25, -0.2) is 12.8 Å². The van der Waals surface area contributed by atoms with Crippen LogP contribution in [0.25, 0.3) is 0 Å². The van der Waals surface area contributed by atoms with E-state index in [0.29, 0.717) is 23.1 Å². The molecule has 0 amide bonds. The van der Waals surface area contributed by atoms with E-state index < -0.39 is 15.7 Å². The summed E-state index contributed by atoms with van der Waals surface area (Å²) >= 11 is 0. The van der Waals surface area contributed by atoms with Gasteiger partial charge in [0.1, 0.15) is 0 Å². The summed E-state index contributed by atoms with van der Waals surface area (Å²) in [7, 11) is -3.64. The topological polar surface area (TPSA) is 76.3 Å². The van der Waals surface area contributed by atoms with Crippen molar-refractivity contribution in [2.75, 3.05) is 13.1 Å². The van der Waals surface area contributed by atoms with E-state index in [-0.39, 0.29) is 31.8 Å². The molecule has 2 aliphatic rings. The molecule has 2 heterocycles. The third-order valence-electron chi connectivity index (χ3n) is 5.91. The summed E-state index contributed by atoms with van der Waals surface area (Å²) in [4.78, 5) is 4.53. The zero-order chi connectivity index (χ0) is 20.6. The Bertz CT molecular complexity index is 979.